The molecule has 0 bridgehead atoms. The van der Waals surface area contributed by atoms with Gasteiger partial charge >= 0.3 is 0 Å². The standard InChI is InChI=1S/C21H13BrCl2N2O3/c1-28-19-7-12(22)6-11(20(19)27)10-25-14-3-5-18-17(9-14)26-21(29-18)15-8-13(23)2-4-16(15)24/h2-10,27H,1H3. The maximum Gasteiger partial charge on any atom is 0.228 e. The molecule has 0 atom stereocenters. The molecule has 0 fully saturated rings. The Balaban J connectivity index is 1.69. The highest BCUT2D eigenvalue weighted by atomic mass is 79.9. The Morgan fingerprint density at radius 2 is 1.97 bits per heavy atom. The molecule has 0 saturated heterocycles. The van der Waals surface area contributed by atoms with Crippen molar-refractivity contribution in [2.75, 3.05) is 7.11 Å². The van der Waals surface area contributed by atoms with Crippen molar-refractivity contribution in [1.29, 1.82) is 0 Å². The van der Waals surface area contributed by atoms with Gasteiger partial charge in [0.2, 0.25) is 5.89 Å². The van der Waals surface area contributed by atoms with Gasteiger partial charge in [-0.25, -0.2) is 4.98 Å². The van der Waals surface area contributed by atoms with Gasteiger partial charge < -0.3 is 14.3 Å². The number of oxazole rings is 1. The molecule has 0 aliphatic heterocycles. The second kappa shape index (κ2) is 8.06. The largest absolute Gasteiger partial charge is 0.504 e. The molecule has 4 aromatic rings. The van der Waals surface area contributed by atoms with Crippen LogP contribution >= 0.6 is 39.1 Å². The number of hydrogen-bond donors (Lipinski definition) is 1. The smallest absolute Gasteiger partial charge is 0.228 e. The minimum Gasteiger partial charge on any atom is -0.504 e. The quantitative estimate of drug-likeness (QED) is 0.311. The van der Waals surface area contributed by atoms with Crippen molar-refractivity contribution in [1.82, 2.24) is 4.98 Å². The zero-order valence-corrected chi connectivity index (χ0v) is 18.1. The van der Waals surface area contributed by atoms with E-state index in [0.717, 1.165) is 4.47 Å². The molecule has 0 spiro atoms. The predicted octanol–water partition coefficient (Wildman–Crippen LogP) is 7.03. The highest BCUT2D eigenvalue weighted by Gasteiger charge is 2.13. The fraction of sp³-hybridized carbons (Fsp3) is 0.0476. The highest BCUT2D eigenvalue weighted by molar-refractivity contribution is 9.10. The van der Waals surface area contributed by atoms with E-state index in [1.807, 2.05) is 0 Å². The van der Waals surface area contributed by atoms with Crippen molar-refractivity contribution in [2.24, 2.45) is 4.99 Å². The van der Waals surface area contributed by atoms with Gasteiger partial charge in [0.25, 0.3) is 0 Å². The molecule has 1 N–H and O–H groups in total. The number of halogens is 3. The van der Waals surface area contributed by atoms with E-state index in [4.69, 9.17) is 32.4 Å². The summed E-state index contributed by atoms with van der Waals surface area (Å²) in [5, 5.41) is 11.3. The fourth-order valence-electron chi connectivity index (χ4n) is 2.77. The summed E-state index contributed by atoms with van der Waals surface area (Å²) in [5.74, 6) is 0.749. The molecule has 1 heterocycles. The first-order valence-electron chi connectivity index (χ1n) is 8.41. The maximum absolute atomic E-state index is 10.3. The van der Waals surface area contributed by atoms with Crippen LogP contribution in [0, 0.1) is 0 Å². The molecule has 146 valence electrons. The van der Waals surface area contributed by atoms with E-state index >= 15 is 0 Å². The van der Waals surface area contributed by atoms with E-state index in [1.165, 1.54) is 7.11 Å². The van der Waals surface area contributed by atoms with Crippen LogP contribution < -0.4 is 4.74 Å². The van der Waals surface area contributed by atoms with Gasteiger partial charge in [-0.15, -0.1) is 0 Å². The number of fused-ring (bicyclic) bond motifs is 1. The van der Waals surface area contributed by atoms with Gasteiger partial charge in [0.15, 0.2) is 17.1 Å². The summed E-state index contributed by atoms with van der Waals surface area (Å²) in [6, 6.07) is 13.9. The first kappa shape index (κ1) is 19.8. The first-order chi connectivity index (χ1) is 13.9. The van der Waals surface area contributed by atoms with Crippen LogP contribution in [0.5, 0.6) is 11.5 Å². The van der Waals surface area contributed by atoms with Crippen LogP contribution in [0.25, 0.3) is 22.6 Å². The van der Waals surface area contributed by atoms with E-state index in [1.54, 1.807) is 54.7 Å². The summed E-state index contributed by atoms with van der Waals surface area (Å²) in [6.45, 7) is 0. The first-order valence-corrected chi connectivity index (χ1v) is 9.96. The number of phenolic OH excluding ortho intramolecular Hbond substituents is 1. The Labute approximate surface area is 184 Å². The zero-order valence-electron chi connectivity index (χ0n) is 15.0. The monoisotopic (exact) mass is 490 g/mol. The lowest BCUT2D eigenvalue weighted by Crippen LogP contribution is -1.89. The third kappa shape index (κ3) is 4.10. The summed E-state index contributed by atoms with van der Waals surface area (Å²) in [5.41, 5.74) is 3.01. The Kier molecular flexibility index (Phi) is 5.50. The Hall–Kier alpha value is -2.54. The number of aromatic hydroxyl groups is 1. The second-order valence-electron chi connectivity index (χ2n) is 6.10. The van der Waals surface area contributed by atoms with Crippen molar-refractivity contribution < 1.29 is 14.3 Å². The van der Waals surface area contributed by atoms with Crippen molar-refractivity contribution in [3.8, 4) is 23.0 Å². The van der Waals surface area contributed by atoms with Crippen LogP contribution in [0.15, 0.2) is 62.4 Å². The molecule has 4 rings (SSSR count). The lowest BCUT2D eigenvalue weighted by atomic mass is 10.2. The average Bonchev–Trinajstić information content (AvgIpc) is 3.13. The molecule has 1 aromatic heterocycles. The third-order valence-corrected chi connectivity index (χ3v) is 5.19. The van der Waals surface area contributed by atoms with Gasteiger partial charge in [0.05, 0.1) is 23.4 Å². The lowest BCUT2D eigenvalue weighted by Gasteiger charge is -2.06. The molecular formula is C21H13BrCl2N2O3. The number of methoxy groups -OCH3 is 1. The molecule has 3 aromatic carbocycles. The van der Waals surface area contributed by atoms with Crippen molar-refractivity contribution in [2.45, 2.75) is 0 Å². The second-order valence-corrected chi connectivity index (χ2v) is 7.86. The van der Waals surface area contributed by atoms with Crippen LogP contribution in [0.2, 0.25) is 10.0 Å². The van der Waals surface area contributed by atoms with Crippen molar-refractivity contribution in [3.05, 3.63) is 68.6 Å². The summed E-state index contributed by atoms with van der Waals surface area (Å²) in [7, 11) is 1.49. The molecule has 0 radical (unpaired) electrons. The number of aromatic nitrogens is 1. The number of aliphatic imine (C=N–C) groups is 1. The Bertz CT molecular complexity index is 1250. The van der Waals surface area contributed by atoms with E-state index in [2.05, 4.69) is 25.9 Å². The van der Waals surface area contributed by atoms with Crippen molar-refractivity contribution in [3.63, 3.8) is 0 Å². The van der Waals surface area contributed by atoms with Crippen LogP contribution in [0.4, 0.5) is 5.69 Å². The molecule has 8 heteroatoms. The molecule has 0 amide bonds. The molecule has 0 aliphatic rings. The molecule has 0 aliphatic carbocycles. The summed E-state index contributed by atoms with van der Waals surface area (Å²) in [6.07, 6.45) is 1.55. The van der Waals surface area contributed by atoms with E-state index in [9.17, 15) is 5.11 Å². The lowest BCUT2D eigenvalue weighted by molar-refractivity contribution is 0.373. The van der Waals surface area contributed by atoms with Gasteiger partial charge in [-0.05, 0) is 48.5 Å². The van der Waals surface area contributed by atoms with Crippen LogP contribution in [0.3, 0.4) is 0 Å². The average molecular weight is 492 g/mol. The fourth-order valence-corrected chi connectivity index (χ4v) is 3.59. The summed E-state index contributed by atoms with van der Waals surface area (Å²) >= 11 is 15.7. The SMILES string of the molecule is COc1cc(Br)cc(C=Nc2ccc3oc(-c4cc(Cl)ccc4Cl)nc3c2)c1O. The van der Waals surface area contributed by atoms with Crippen molar-refractivity contribution >= 4 is 62.1 Å². The Morgan fingerprint density at radius 3 is 2.76 bits per heavy atom. The minimum atomic E-state index is 0.0137. The number of rotatable bonds is 4. The van der Waals surface area contributed by atoms with Gasteiger partial charge in [0.1, 0.15) is 5.52 Å². The molecule has 0 saturated carbocycles. The minimum absolute atomic E-state index is 0.0137. The number of phenols is 1. The van der Waals surface area contributed by atoms with Gasteiger partial charge in [0, 0.05) is 21.3 Å². The van der Waals surface area contributed by atoms with Crippen LogP contribution in [0.1, 0.15) is 5.56 Å². The van der Waals surface area contributed by atoms with Gasteiger partial charge in [-0.3, -0.25) is 4.99 Å². The van der Waals surface area contributed by atoms with E-state index in [0.29, 0.717) is 49.6 Å². The molecule has 0 unspecified atom stereocenters. The van der Waals surface area contributed by atoms with Crippen LogP contribution in [-0.4, -0.2) is 23.4 Å². The number of hydrogen-bond acceptors (Lipinski definition) is 5. The third-order valence-electron chi connectivity index (χ3n) is 4.17. The number of benzene rings is 3. The maximum atomic E-state index is 10.3. The number of nitrogens with zero attached hydrogens (tertiary/aromatic N) is 2. The Morgan fingerprint density at radius 1 is 1.14 bits per heavy atom. The predicted molar refractivity (Wildman–Crippen MR) is 119 cm³/mol. The molecular weight excluding hydrogens is 479 g/mol. The van der Waals surface area contributed by atoms with Crippen LogP contribution in [-0.2, 0) is 0 Å². The topological polar surface area (TPSA) is 67.9 Å². The van der Waals surface area contributed by atoms with Gasteiger partial charge in [-0.1, -0.05) is 39.1 Å². The normalized spacial score (nSPS) is 11.4. The summed E-state index contributed by atoms with van der Waals surface area (Å²) in [4.78, 5) is 8.93. The number of ether oxygens (including phenoxy) is 1. The van der Waals surface area contributed by atoms with E-state index in [-0.39, 0.29) is 5.75 Å². The zero-order chi connectivity index (χ0) is 20.5. The molecule has 5 nitrogen and oxygen atoms in total. The summed E-state index contributed by atoms with van der Waals surface area (Å²) < 4.78 is 11.7. The molecule has 29 heavy (non-hydrogen) atoms. The van der Waals surface area contributed by atoms with E-state index < -0.39 is 0 Å². The van der Waals surface area contributed by atoms with Gasteiger partial charge in [-0.2, -0.15) is 0 Å². The highest BCUT2D eigenvalue weighted by Crippen LogP contribution is 2.34.